The Kier molecular flexibility index (Phi) is 8.05. The molecule has 1 amide bonds. The van der Waals surface area contributed by atoms with E-state index >= 15 is 0 Å². The predicted octanol–water partition coefficient (Wildman–Crippen LogP) is 5.89. The maximum absolute atomic E-state index is 13.4. The predicted molar refractivity (Wildman–Crippen MR) is 145 cm³/mol. The second-order valence-electron chi connectivity index (χ2n) is 9.71. The number of ether oxygens (including phenoxy) is 3. The number of carbonyl (C=O) groups excluding carboxylic acids is 2. The van der Waals surface area contributed by atoms with Crippen molar-refractivity contribution in [1.29, 1.82) is 0 Å². The molecule has 0 radical (unpaired) electrons. The SMILES string of the molecule is COc1cccc(CN2C(=O)C(=O)/C(=C(\O)c3ccc(OC(C)C)cc3)C2c2cccc(OC(C)C)c2)c1. The molecule has 1 unspecified atom stereocenters. The van der Waals surface area contributed by atoms with Gasteiger partial charge in [-0.05, 0) is 87.4 Å². The molecule has 38 heavy (non-hydrogen) atoms. The molecule has 0 bridgehead atoms. The van der Waals surface area contributed by atoms with Crippen LogP contribution in [0.25, 0.3) is 5.76 Å². The quantitative estimate of drug-likeness (QED) is 0.217. The fourth-order valence-electron chi connectivity index (χ4n) is 4.51. The Balaban J connectivity index is 1.81. The first-order valence-corrected chi connectivity index (χ1v) is 12.6. The normalized spacial score (nSPS) is 16.8. The highest BCUT2D eigenvalue weighted by molar-refractivity contribution is 6.46. The molecule has 3 aromatic rings. The topological polar surface area (TPSA) is 85.3 Å². The van der Waals surface area contributed by atoms with E-state index in [0.717, 1.165) is 5.56 Å². The van der Waals surface area contributed by atoms with Crippen LogP contribution in [-0.4, -0.2) is 41.0 Å². The van der Waals surface area contributed by atoms with Crippen molar-refractivity contribution >= 4 is 17.4 Å². The minimum atomic E-state index is -0.816. The van der Waals surface area contributed by atoms with E-state index in [1.165, 1.54) is 4.90 Å². The van der Waals surface area contributed by atoms with Crippen molar-refractivity contribution in [3.63, 3.8) is 0 Å². The molecule has 3 aromatic carbocycles. The number of rotatable bonds is 9. The number of aliphatic hydroxyl groups is 1. The molecule has 0 saturated carbocycles. The Hall–Kier alpha value is -4.26. The van der Waals surface area contributed by atoms with E-state index in [9.17, 15) is 14.7 Å². The summed E-state index contributed by atoms with van der Waals surface area (Å²) in [5, 5.41) is 11.4. The smallest absolute Gasteiger partial charge is 0.295 e. The van der Waals surface area contributed by atoms with Crippen LogP contribution in [0.1, 0.15) is 50.4 Å². The Morgan fingerprint density at radius 3 is 2.13 bits per heavy atom. The number of likely N-dealkylation sites (tertiary alicyclic amines) is 1. The molecule has 0 aliphatic carbocycles. The molecule has 4 rings (SSSR count). The number of hydrogen-bond acceptors (Lipinski definition) is 6. The number of aliphatic hydroxyl groups excluding tert-OH is 1. The van der Waals surface area contributed by atoms with Crippen LogP contribution >= 0.6 is 0 Å². The Morgan fingerprint density at radius 1 is 0.842 bits per heavy atom. The summed E-state index contributed by atoms with van der Waals surface area (Å²) >= 11 is 0. The van der Waals surface area contributed by atoms with Gasteiger partial charge in [0.25, 0.3) is 11.7 Å². The van der Waals surface area contributed by atoms with Crippen LogP contribution in [0.5, 0.6) is 17.2 Å². The minimum absolute atomic E-state index is 0.00304. The van der Waals surface area contributed by atoms with Crippen LogP contribution < -0.4 is 14.2 Å². The van der Waals surface area contributed by atoms with Gasteiger partial charge < -0.3 is 24.2 Å². The van der Waals surface area contributed by atoms with E-state index in [0.29, 0.717) is 28.4 Å². The average Bonchev–Trinajstić information content (AvgIpc) is 3.13. The number of amides is 1. The zero-order valence-corrected chi connectivity index (χ0v) is 22.3. The first-order valence-electron chi connectivity index (χ1n) is 12.6. The summed E-state index contributed by atoms with van der Waals surface area (Å²) in [6.45, 7) is 7.85. The maximum Gasteiger partial charge on any atom is 0.295 e. The van der Waals surface area contributed by atoms with Crippen LogP contribution in [0, 0.1) is 0 Å². The second kappa shape index (κ2) is 11.4. The fraction of sp³-hybridized carbons (Fsp3) is 0.290. The largest absolute Gasteiger partial charge is 0.507 e. The van der Waals surface area contributed by atoms with Gasteiger partial charge in [-0.15, -0.1) is 0 Å². The fourth-order valence-corrected chi connectivity index (χ4v) is 4.51. The third-order valence-corrected chi connectivity index (χ3v) is 6.07. The van der Waals surface area contributed by atoms with Crippen molar-refractivity contribution in [3.8, 4) is 17.2 Å². The van der Waals surface area contributed by atoms with Crippen LogP contribution in [-0.2, 0) is 16.1 Å². The standard InChI is InChI=1S/C31H33NO6/c1-19(2)37-24-14-12-22(13-15-24)29(33)27-28(23-9-7-11-26(17-23)38-20(3)4)32(31(35)30(27)34)18-21-8-6-10-25(16-21)36-5/h6-17,19-20,28,33H,18H2,1-5H3/b29-27-. The summed E-state index contributed by atoms with van der Waals surface area (Å²) in [6.07, 6.45) is -0.0586. The van der Waals surface area contributed by atoms with Gasteiger partial charge in [-0.3, -0.25) is 9.59 Å². The van der Waals surface area contributed by atoms with Crippen molar-refractivity contribution in [2.45, 2.75) is 52.5 Å². The highest BCUT2D eigenvalue weighted by Gasteiger charge is 2.46. The number of Topliss-reactive ketones (excluding diaryl/α,β-unsaturated/α-hetero) is 1. The number of methoxy groups -OCH3 is 1. The zero-order valence-electron chi connectivity index (χ0n) is 22.3. The van der Waals surface area contributed by atoms with E-state index in [-0.39, 0.29) is 30.1 Å². The molecule has 1 heterocycles. The third-order valence-electron chi connectivity index (χ3n) is 6.07. The van der Waals surface area contributed by atoms with E-state index in [2.05, 4.69) is 0 Å². The zero-order chi connectivity index (χ0) is 27.4. The maximum atomic E-state index is 13.4. The van der Waals surface area contributed by atoms with Crippen LogP contribution in [0.4, 0.5) is 0 Å². The highest BCUT2D eigenvalue weighted by Crippen LogP contribution is 2.41. The van der Waals surface area contributed by atoms with Gasteiger partial charge in [-0.25, -0.2) is 0 Å². The van der Waals surface area contributed by atoms with E-state index in [4.69, 9.17) is 14.2 Å². The Labute approximate surface area is 223 Å². The number of hydrogen-bond donors (Lipinski definition) is 1. The van der Waals surface area contributed by atoms with Crippen LogP contribution in [0.15, 0.2) is 78.4 Å². The lowest BCUT2D eigenvalue weighted by Gasteiger charge is -2.26. The molecule has 1 saturated heterocycles. The summed E-state index contributed by atoms with van der Waals surface area (Å²) in [7, 11) is 1.57. The lowest BCUT2D eigenvalue weighted by molar-refractivity contribution is -0.140. The van der Waals surface area contributed by atoms with Crippen LogP contribution in [0.3, 0.4) is 0 Å². The number of ketones is 1. The van der Waals surface area contributed by atoms with E-state index < -0.39 is 17.7 Å². The molecule has 1 aliphatic rings. The van der Waals surface area contributed by atoms with Gasteiger partial charge in [-0.1, -0.05) is 24.3 Å². The van der Waals surface area contributed by atoms with Crippen molar-refractivity contribution < 1.29 is 28.9 Å². The van der Waals surface area contributed by atoms with Gasteiger partial charge in [0.15, 0.2) is 0 Å². The minimum Gasteiger partial charge on any atom is -0.507 e. The Bertz CT molecular complexity index is 1340. The summed E-state index contributed by atoms with van der Waals surface area (Å²) in [4.78, 5) is 28.3. The molecule has 1 aliphatic heterocycles. The van der Waals surface area contributed by atoms with Crippen molar-refractivity contribution in [1.82, 2.24) is 4.90 Å². The Morgan fingerprint density at radius 2 is 1.47 bits per heavy atom. The van der Waals surface area contributed by atoms with Crippen molar-refractivity contribution in [3.05, 3.63) is 95.1 Å². The molecule has 1 atom stereocenters. The van der Waals surface area contributed by atoms with E-state index in [1.54, 1.807) is 31.4 Å². The molecule has 198 valence electrons. The molecular weight excluding hydrogens is 482 g/mol. The van der Waals surface area contributed by atoms with E-state index in [1.807, 2.05) is 76.2 Å². The van der Waals surface area contributed by atoms with Gasteiger partial charge in [0.1, 0.15) is 23.0 Å². The monoisotopic (exact) mass is 515 g/mol. The van der Waals surface area contributed by atoms with Gasteiger partial charge >= 0.3 is 0 Å². The van der Waals surface area contributed by atoms with Crippen molar-refractivity contribution in [2.24, 2.45) is 0 Å². The molecule has 7 nitrogen and oxygen atoms in total. The highest BCUT2D eigenvalue weighted by atomic mass is 16.5. The molecule has 1 fully saturated rings. The number of carbonyl (C=O) groups is 2. The van der Waals surface area contributed by atoms with Gasteiger partial charge in [0, 0.05) is 12.1 Å². The van der Waals surface area contributed by atoms with Crippen molar-refractivity contribution in [2.75, 3.05) is 7.11 Å². The van der Waals surface area contributed by atoms with Crippen LogP contribution in [0.2, 0.25) is 0 Å². The lowest BCUT2D eigenvalue weighted by Crippen LogP contribution is -2.29. The third kappa shape index (κ3) is 5.83. The molecule has 7 heteroatoms. The summed E-state index contributed by atoms with van der Waals surface area (Å²) in [5.74, 6) is 0.228. The summed E-state index contributed by atoms with van der Waals surface area (Å²) in [6, 6.07) is 20.6. The van der Waals surface area contributed by atoms with Gasteiger partial charge in [-0.2, -0.15) is 0 Å². The molecule has 0 aromatic heterocycles. The average molecular weight is 516 g/mol. The number of benzene rings is 3. The first kappa shape index (κ1) is 26.8. The summed E-state index contributed by atoms with van der Waals surface area (Å²) < 4.78 is 16.9. The summed E-state index contributed by atoms with van der Waals surface area (Å²) in [5.41, 5.74) is 1.89. The molecule has 0 spiro atoms. The van der Waals surface area contributed by atoms with Gasteiger partial charge in [0.2, 0.25) is 0 Å². The first-order chi connectivity index (χ1) is 18.2. The van der Waals surface area contributed by atoms with Gasteiger partial charge in [0.05, 0.1) is 30.9 Å². The number of nitrogens with zero attached hydrogens (tertiary/aromatic N) is 1. The second-order valence-corrected chi connectivity index (χ2v) is 9.71. The molecular formula is C31H33NO6. The molecule has 1 N–H and O–H groups in total. The lowest BCUT2D eigenvalue weighted by atomic mass is 9.95.